The van der Waals surface area contributed by atoms with Gasteiger partial charge >= 0.3 is 0 Å². The summed E-state index contributed by atoms with van der Waals surface area (Å²) in [4.78, 5) is 41.2. The van der Waals surface area contributed by atoms with Crippen LogP contribution in [0.2, 0.25) is 0 Å². The molecule has 5 nitrogen and oxygen atoms in total. The SMILES string of the molecule is O=C1[C@H]2[C@@H](C(=O)N1c1ccccc1)[C@@H](c1ccccc1)C=C1CC[C@@H](NC(=O)C(Cl)(Cl)Cl)[C@H]12. The molecule has 0 radical (unpaired) electrons. The van der Waals surface area contributed by atoms with Crippen LogP contribution in [-0.2, 0) is 14.4 Å². The summed E-state index contributed by atoms with van der Waals surface area (Å²) in [5, 5.41) is 2.82. The molecule has 33 heavy (non-hydrogen) atoms. The van der Waals surface area contributed by atoms with Gasteiger partial charge in [-0.05, 0) is 30.5 Å². The van der Waals surface area contributed by atoms with Crippen LogP contribution in [0.15, 0.2) is 72.3 Å². The number of hydrogen-bond acceptors (Lipinski definition) is 3. The smallest absolute Gasteiger partial charge is 0.272 e. The number of anilines is 1. The summed E-state index contributed by atoms with van der Waals surface area (Å²) in [6.07, 6.45) is 3.43. The molecule has 5 atom stereocenters. The lowest BCUT2D eigenvalue weighted by molar-refractivity contribution is -0.125. The van der Waals surface area contributed by atoms with Crippen LogP contribution in [0.3, 0.4) is 0 Å². The van der Waals surface area contributed by atoms with Gasteiger partial charge in [0.05, 0.1) is 17.5 Å². The van der Waals surface area contributed by atoms with E-state index < -0.39 is 27.6 Å². The minimum Gasteiger partial charge on any atom is -0.349 e. The van der Waals surface area contributed by atoms with Crippen LogP contribution in [0.1, 0.15) is 24.3 Å². The number of nitrogens with zero attached hydrogens (tertiary/aromatic N) is 1. The highest BCUT2D eigenvalue weighted by atomic mass is 35.6. The Labute approximate surface area is 206 Å². The van der Waals surface area contributed by atoms with Crippen LogP contribution in [0.5, 0.6) is 0 Å². The zero-order valence-corrected chi connectivity index (χ0v) is 19.7. The van der Waals surface area contributed by atoms with Gasteiger partial charge in [-0.3, -0.25) is 19.3 Å². The van der Waals surface area contributed by atoms with Gasteiger partial charge in [0.25, 0.3) is 9.70 Å². The maximum absolute atomic E-state index is 13.8. The van der Waals surface area contributed by atoms with E-state index in [1.807, 2.05) is 36.4 Å². The monoisotopic (exact) mass is 502 g/mol. The van der Waals surface area contributed by atoms with Gasteiger partial charge < -0.3 is 5.32 Å². The predicted molar refractivity (Wildman–Crippen MR) is 128 cm³/mol. The lowest BCUT2D eigenvalue weighted by Gasteiger charge is -2.36. The van der Waals surface area contributed by atoms with Crippen LogP contribution >= 0.6 is 34.8 Å². The van der Waals surface area contributed by atoms with Crippen molar-refractivity contribution in [2.75, 3.05) is 4.90 Å². The molecule has 1 saturated carbocycles. The van der Waals surface area contributed by atoms with Gasteiger partial charge in [-0.15, -0.1) is 0 Å². The third-order valence-corrected chi connectivity index (χ3v) is 7.46. The average Bonchev–Trinajstić information content (AvgIpc) is 3.32. The van der Waals surface area contributed by atoms with Gasteiger partial charge in [0, 0.05) is 17.9 Å². The van der Waals surface area contributed by atoms with E-state index in [0.717, 1.165) is 11.1 Å². The van der Waals surface area contributed by atoms with Crippen LogP contribution in [0.25, 0.3) is 0 Å². The van der Waals surface area contributed by atoms with Crippen molar-refractivity contribution < 1.29 is 14.4 Å². The highest BCUT2D eigenvalue weighted by molar-refractivity contribution is 6.76. The molecule has 0 unspecified atom stereocenters. The van der Waals surface area contributed by atoms with Crippen molar-refractivity contribution in [3.05, 3.63) is 77.9 Å². The summed E-state index contributed by atoms with van der Waals surface area (Å²) in [6.45, 7) is 0. The molecule has 170 valence electrons. The van der Waals surface area contributed by atoms with E-state index in [0.29, 0.717) is 18.5 Å². The third kappa shape index (κ3) is 3.86. The van der Waals surface area contributed by atoms with Crippen molar-refractivity contribution in [3.8, 4) is 0 Å². The lowest BCUT2D eigenvalue weighted by Crippen LogP contribution is -2.48. The molecule has 3 aliphatic rings. The quantitative estimate of drug-likeness (QED) is 0.372. The second-order valence-electron chi connectivity index (χ2n) is 8.72. The number of allylic oxidation sites excluding steroid dienone is 1. The van der Waals surface area contributed by atoms with Crippen molar-refractivity contribution in [2.45, 2.75) is 28.6 Å². The molecule has 1 saturated heterocycles. The summed E-state index contributed by atoms with van der Waals surface area (Å²) >= 11 is 17.3. The summed E-state index contributed by atoms with van der Waals surface area (Å²) in [5.41, 5.74) is 2.61. The Hall–Kier alpha value is -2.34. The van der Waals surface area contributed by atoms with Crippen LogP contribution in [0.4, 0.5) is 5.69 Å². The Bertz CT molecular complexity index is 1130. The fourth-order valence-corrected chi connectivity index (χ4v) is 5.79. The second kappa shape index (κ2) is 8.46. The molecule has 2 aliphatic carbocycles. The number of rotatable bonds is 3. The van der Waals surface area contributed by atoms with E-state index in [-0.39, 0.29) is 23.7 Å². The van der Waals surface area contributed by atoms with E-state index in [1.54, 1.807) is 24.3 Å². The molecule has 2 fully saturated rings. The van der Waals surface area contributed by atoms with Crippen molar-refractivity contribution >= 4 is 58.2 Å². The third-order valence-electron chi connectivity index (χ3n) is 6.94. The average molecular weight is 504 g/mol. The molecule has 2 aromatic carbocycles. The Kier molecular flexibility index (Phi) is 5.76. The van der Waals surface area contributed by atoms with Gasteiger partial charge in [0.1, 0.15) is 0 Å². The summed E-state index contributed by atoms with van der Waals surface area (Å²) in [7, 11) is 0. The minimum atomic E-state index is -2.10. The maximum atomic E-state index is 13.8. The number of imide groups is 1. The lowest BCUT2D eigenvalue weighted by atomic mass is 9.66. The van der Waals surface area contributed by atoms with Gasteiger partial charge in [0.2, 0.25) is 11.8 Å². The van der Waals surface area contributed by atoms with Gasteiger partial charge in [-0.25, -0.2) is 0 Å². The van der Waals surface area contributed by atoms with Crippen LogP contribution < -0.4 is 10.2 Å². The van der Waals surface area contributed by atoms with E-state index in [1.165, 1.54) is 4.90 Å². The van der Waals surface area contributed by atoms with Gasteiger partial charge in [0.15, 0.2) is 0 Å². The van der Waals surface area contributed by atoms with Crippen LogP contribution in [-0.4, -0.2) is 27.6 Å². The number of carbonyl (C=O) groups is 3. The molecule has 2 aromatic rings. The summed E-state index contributed by atoms with van der Waals surface area (Å²) in [5.74, 6) is -2.92. The molecule has 1 N–H and O–H groups in total. The fourth-order valence-electron chi connectivity index (χ4n) is 5.63. The first-order chi connectivity index (χ1) is 15.8. The molecule has 1 heterocycles. The van der Waals surface area contributed by atoms with Gasteiger partial charge in [-0.2, -0.15) is 0 Å². The Morgan fingerprint density at radius 2 is 1.48 bits per heavy atom. The van der Waals surface area contributed by atoms with Crippen molar-refractivity contribution in [2.24, 2.45) is 17.8 Å². The molecule has 0 aromatic heterocycles. The van der Waals surface area contributed by atoms with E-state index in [2.05, 4.69) is 11.4 Å². The maximum Gasteiger partial charge on any atom is 0.272 e. The normalized spacial score (nSPS) is 28.9. The molecule has 3 amide bonds. The predicted octanol–water partition coefficient (Wildman–Crippen LogP) is 4.78. The molecule has 0 bridgehead atoms. The topological polar surface area (TPSA) is 66.5 Å². The second-order valence-corrected chi connectivity index (χ2v) is 11.0. The molecule has 0 spiro atoms. The molecular formula is C25H21Cl3N2O3. The highest BCUT2D eigenvalue weighted by Gasteiger charge is 2.59. The largest absolute Gasteiger partial charge is 0.349 e. The first-order valence-corrected chi connectivity index (χ1v) is 12.0. The minimum absolute atomic E-state index is 0.223. The summed E-state index contributed by atoms with van der Waals surface area (Å²) in [6, 6.07) is 18.3. The zero-order chi connectivity index (χ0) is 23.3. The zero-order valence-electron chi connectivity index (χ0n) is 17.5. The molecule has 5 rings (SSSR count). The van der Waals surface area contributed by atoms with E-state index in [9.17, 15) is 14.4 Å². The molecule has 1 aliphatic heterocycles. The summed E-state index contributed by atoms with van der Waals surface area (Å²) < 4.78 is -2.10. The Balaban J connectivity index is 1.58. The number of benzene rings is 2. The van der Waals surface area contributed by atoms with Crippen molar-refractivity contribution in [3.63, 3.8) is 0 Å². The molecule has 8 heteroatoms. The van der Waals surface area contributed by atoms with E-state index in [4.69, 9.17) is 34.8 Å². The van der Waals surface area contributed by atoms with Crippen LogP contribution in [0, 0.1) is 17.8 Å². The first-order valence-electron chi connectivity index (χ1n) is 10.8. The van der Waals surface area contributed by atoms with E-state index >= 15 is 0 Å². The van der Waals surface area contributed by atoms with Gasteiger partial charge in [-0.1, -0.05) is 95.0 Å². The number of alkyl halides is 3. The Morgan fingerprint density at radius 1 is 0.879 bits per heavy atom. The number of hydrogen-bond donors (Lipinski definition) is 1. The molecular weight excluding hydrogens is 483 g/mol. The number of halogens is 3. The van der Waals surface area contributed by atoms with Crippen molar-refractivity contribution in [1.82, 2.24) is 5.32 Å². The Morgan fingerprint density at radius 3 is 2.12 bits per heavy atom. The fraction of sp³-hybridized carbons (Fsp3) is 0.320. The first kappa shape index (κ1) is 22.5. The highest BCUT2D eigenvalue weighted by Crippen LogP contribution is 2.54. The standard InChI is InChI=1S/C25H21Cl3N2O3/c26-25(27,28)24(33)29-18-12-11-15-13-17(14-7-3-1-4-8-14)20-21(19(15)18)23(32)30(22(20)31)16-9-5-2-6-10-16/h1-10,13,17-21H,11-12H2,(H,29,33)/t17-,18-,19+,20+,21-/m1/s1. The number of carbonyl (C=O) groups excluding carboxylic acids is 3. The number of para-hydroxylation sites is 1. The number of amides is 3. The number of fused-ring (bicyclic) bond motifs is 3. The van der Waals surface area contributed by atoms with Crippen molar-refractivity contribution in [1.29, 1.82) is 0 Å². The number of nitrogens with one attached hydrogen (secondary N) is 1.